The fourth-order valence-corrected chi connectivity index (χ4v) is 5.57. The summed E-state index contributed by atoms with van der Waals surface area (Å²) in [6.45, 7) is 2.16. The lowest BCUT2D eigenvalue weighted by Gasteiger charge is -2.21. The quantitative estimate of drug-likeness (QED) is 0.0874. The summed E-state index contributed by atoms with van der Waals surface area (Å²) in [5.74, 6) is -0.0295. The number of aliphatic hydroxyl groups is 4. The molecule has 1 saturated heterocycles. The molecule has 0 saturated carbocycles. The Labute approximate surface area is 210 Å². The number of rotatable bonds is 21. The van der Waals surface area contributed by atoms with E-state index in [2.05, 4.69) is 17.6 Å². The second-order valence-corrected chi connectivity index (χ2v) is 11.6. The Morgan fingerprint density at radius 2 is 1.54 bits per heavy atom. The Morgan fingerprint density at radius 1 is 0.971 bits per heavy atom. The average molecular weight is 525 g/mol. The summed E-state index contributed by atoms with van der Waals surface area (Å²) >= 11 is 0. The average Bonchev–Trinajstić information content (AvgIpc) is 3.07. The van der Waals surface area contributed by atoms with Crippen LogP contribution in [0.5, 0.6) is 0 Å². The molecule has 11 heteroatoms. The molecule has 0 aromatic carbocycles. The fraction of sp³-hybridized carbons (Fsp3) is 0.958. The van der Waals surface area contributed by atoms with Gasteiger partial charge in [-0.3, -0.25) is 9.36 Å². The van der Waals surface area contributed by atoms with Gasteiger partial charge in [-0.2, -0.15) is 0 Å². The van der Waals surface area contributed by atoms with E-state index >= 15 is 0 Å². The van der Waals surface area contributed by atoms with E-state index in [9.17, 15) is 29.6 Å². The largest absolute Gasteiger partial charge is 0.395 e. The lowest BCUT2D eigenvalue weighted by molar-refractivity contribution is -0.121. The highest BCUT2D eigenvalue weighted by Gasteiger charge is 2.41. The maximum atomic E-state index is 12.2. The van der Waals surface area contributed by atoms with E-state index in [0.29, 0.717) is 19.4 Å². The highest BCUT2D eigenvalue weighted by molar-refractivity contribution is 7.52. The summed E-state index contributed by atoms with van der Waals surface area (Å²) in [6, 6.07) is -1.41. The molecule has 6 atom stereocenters. The van der Waals surface area contributed by atoms with Crippen molar-refractivity contribution >= 4 is 13.5 Å². The smallest absolute Gasteiger partial charge is 0.330 e. The zero-order valence-corrected chi connectivity index (χ0v) is 22.2. The maximum Gasteiger partial charge on any atom is 0.330 e. The zero-order chi connectivity index (χ0) is 26.1. The summed E-state index contributed by atoms with van der Waals surface area (Å²) in [6.07, 6.45) is 8.81. The van der Waals surface area contributed by atoms with Crippen LogP contribution in [0.4, 0.5) is 0 Å². The molecule has 1 heterocycles. The van der Waals surface area contributed by atoms with E-state index in [-0.39, 0.29) is 25.5 Å². The van der Waals surface area contributed by atoms with Gasteiger partial charge in [-0.1, -0.05) is 64.7 Å². The van der Waals surface area contributed by atoms with Gasteiger partial charge >= 0.3 is 7.60 Å². The van der Waals surface area contributed by atoms with Gasteiger partial charge in [-0.25, -0.2) is 0 Å². The van der Waals surface area contributed by atoms with E-state index in [0.717, 1.165) is 19.3 Å². The van der Waals surface area contributed by atoms with Crippen LogP contribution in [0, 0.1) is 0 Å². The predicted octanol–water partition coefficient (Wildman–Crippen LogP) is 1.81. The van der Waals surface area contributed by atoms with Gasteiger partial charge < -0.3 is 40.5 Å². The van der Waals surface area contributed by atoms with Crippen molar-refractivity contribution in [3.8, 4) is 0 Å². The van der Waals surface area contributed by atoms with Crippen LogP contribution in [0.1, 0.15) is 90.4 Å². The molecule has 1 unspecified atom stereocenters. The number of unbranched alkanes of at least 4 members (excludes halogenated alkanes) is 9. The molecular formula is C24H49N2O8P. The summed E-state index contributed by atoms with van der Waals surface area (Å²) in [5, 5.41) is 44.6. The standard InChI is InChI=1S/C24H49N2O8P/c1-2-3-4-5-6-7-8-9-10-11-13-22(29)25-14-12-15-34-35(32,33)18-19(28)16-20-23(30)24(31)21(17-27)26-20/h19-21,23-24,26-28,30-31H,2-18H2,1H3,(H,25,29)(H,32,33)/t19-,20-,21-,23-,24-/m1/s1. The van der Waals surface area contributed by atoms with Gasteiger partial charge in [-0.05, 0) is 19.3 Å². The van der Waals surface area contributed by atoms with E-state index in [1.54, 1.807) is 0 Å². The van der Waals surface area contributed by atoms with Gasteiger partial charge in [-0.15, -0.1) is 0 Å². The predicted molar refractivity (Wildman–Crippen MR) is 135 cm³/mol. The Kier molecular flexibility index (Phi) is 17.3. The van der Waals surface area contributed by atoms with Crippen LogP contribution in [0.15, 0.2) is 0 Å². The minimum atomic E-state index is -4.05. The number of hydrogen-bond acceptors (Lipinski definition) is 8. The Balaban J connectivity index is 2.04. The van der Waals surface area contributed by atoms with Gasteiger partial charge in [0.05, 0.1) is 43.7 Å². The Morgan fingerprint density at radius 3 is 2.11 bits per heavy atom. The van der Waals surface area contributed by atoms with Crippen LogP contribution in [-0.4, -0.2) is 87.5 Å². The Hall–Kier alpha value is -0.580. The third-order valence-corrected chi connectivity index (χ3v) is 7.93. The molecule has 0 bridgehead atoms. The first-order valence-corrected chi connectivity index (χ1v) is 15.1. The van der Waals surface area contributed by atoms with Crippen molar-refractivity contribution in [1.29, 1.82) is 0 Å². The second-order valence-electron chi connectivity index (χ2n) is 9.72. The zero-order valence-electron chi connectivity index (χ0n) is 21.3. The number of hydrogen-bond donors (Lipinski definition) is 7. The van der Waals surface area contributed by atoms with Crippen LogP contribution in [0.2, 0.25) is 0 Å². The molecule has 0 aromatic rings. The van der Waals surface area contributed by atoms with E-state index in [4.69, 9.17) is 9.63 Å². The molecule has 0 radical (unpaired) electrons. The van der Waals surface area contributed by atoms with Crippen LogP contribution in [-0.2, 0) is 13.9 Å². The minimum Gasteiger partial charge on any atom is -0.395 e. The number of carbonyl (C=O) groups excluding carboxylic acids is 1. The van der Waals surface area contributed by atoms with E-state index < -0.39 is 44.2 Å². The summed E-state index contributed by atoms with van der Waals surface area (Å²) in [5.41, 5.74) is 0. The highest BCUT2D eigenvalue weighted by atomic mass is 31.2. The highest BCUT2D eigenvalue weighted by Crippen LogP contribution is 2.43. The first-order valence-electron chi connectivity index (χ1n) is 13.3. The minimum absolute atomic E-state index is 0.0295. The molecule has 1 fully saturated rings. The number of carbonyl (C=O) groups is 1. The lowest BCUT2D eigenvalue weighted by atomic mass is 10.0. The summed E-state index contributed by atoms with van der Waals surface area (Å²) in [7, 11) is -4.05. The third-order valence-electron chi connectivity index (χ3n) is 6.46. The fourth-order valence-electron chi connectivity index (χ4n) is 4.37. The van der Waals surface area contributed by atoms with Gasteiger partial charge in [0.15, 0.2) is 0 Å². The summed E-state index contributed by atoms with van der Waals surface area (Å²) < 4.78 is 17.2. The molecule has 35 heavy (non-hydrogen) atoms. The van der Waals surface area contributed by atoms with Crippen molar-refractivity contribution < 1.29 is 39.2 Å². The van der Waals surface area contributed by atoms with Crippen LogP contribution >= 0.6 is 7.60 Å². The molecule has 0 spiro atoms. The van der Waals surface area contributed by atoms with Gasteiger partial charge in [0.2, 0.25) is 5.91 Å². The molecule has 1 rings (SSSR count). The van der Waals surface area contributed by atoms with Crippen molar-refractivity contribution in [2.24, 2.45) is 0 Å². The van der Waals surface area contributed by atoms with E-state index in [1.165, 1.54) is 44.9 Å². The Bertz CT molecular complexity index is 612. The normalized spacial score (nSPS) is 24.9. The number of amides is 1. The van der Waals surface area contributed by atoms with Crippen molar-refractivity contribution in [1.82, 2.24) is 10.6 Å². The van der Waals surface area contributed by atoms with Gasteiger partial charge in [0, 0.05) is 19.0 Å². The van der Waals surface area contributed by atoms with Crippen molar-refractivity contribution in [2.45, 2.75) is 121 Å². The molecule has 0 aromatic heterocycles. The van der Waals surface area contributed by atoms with Crippen molar-refractivity contribution in [3.63, 3.8) is 0 Å². The SMILES string of the molecule is CCCCCCCCCCCCC(=O)NCCCOP(=O)(O)C[C@H](O)C[C@H]1N[C@H](CO)[C@@H](O)[C@@H]1O. The number of aliphatic hydroxyl groups excluding tert-OH is 4. The molecule has 1 aliphatic rings. The maximum absolute atomic E-state index is 12.2. The molecular weight excluding hydrogens is 475 g/mol. The van der Waals surface area contributed by atoms with Crippen LogP contribution < -0.4 is 10.6 Å². The topological polar surface area (TPSA) is 169 Å². The first kappa shape index (κ1) is 32.4. The van der Waals surface area contributed by atoms with E-state index in [1.807, 2.05) is 0 Å². The molecule has 208 valence electrons. The van der Waals surface area contributed by atoms with Crippen molar-refractivity contribution in [3.05, 3.63) is 0 Å². The monoisotopic (exact) mass is 524 g/mol. The molecule has 1 aliphatic heterocycles. The molecule has 7 N–H and O–H groups in total. The van der Waals surface area contributed by atoms with Crippen LogP contribution in [0.25, 0.3) is 0 Å². The van der Waals surface area contributed by atoms with Crippen molar-refractivity contribution in [2.75, 3.05) is 25.9 Å². The molecule has 1 amide bonds. The molecule has 0 aliphatic carbocycles. The van der Waals surface area contributed by atoms with Gasteiger partial charge in [0.1, 0.15) is 0 Å². The molecule has 10 nitrogen and oxygen atoms in total. The number of nitrogens with one attached hydrogen (secondary N) is 2. The third kappa shape index (κ3) is 14.7. The lowest BCUT2D eigenvalue weighted by Crippen LogP contribution is -2.38. The van der Waals surface area contributed by atoms with Gasteiger partial charge in [0.25, 0.3) is 0 Å². The first-order chi connectivity index (χ1) is 16.7. The second kappa shape index (κ2) is 18.6. The summed E-state index contributed by atoms with van der Waals surface area (Å²) in [4.78, 5) is 21.9. The van der Waals surface area contributed by atoms with Crippen LogP contribution in [0.3, 0.4) is 0 Å².